The average Bonchev–Trinajstić information content (AvgIpc) is 3.13. The van der Waals surface area contributed by atoms with Crippen molar-refractivity contribution in [1.82, 2.24) is 15.5 Å². The molecule has 0 aliphatic heterocycles. The number of ether oxygens (including phenoxy) is 1. The van der Waals surface area contributed by atoms with Crippen LogP contribution < -0.4 is 16.4 Å². The second kappa shape index (κ2) is 10.4. The zero-order chi connectivity index (χ0) is 17.9. The maximum atomic E-state index is 11.8. The Morgan fingerprint density at radius 3 is 2.76 bits per heavy atom. The van der Waals surface area contributed by atoms with Gasteiger partial charge in [0.1, 0.15) is 12.1 Å². The minimum Gasteiger partial charge on any atom is -0.445 e. The van der Waals surface area contributed by atoms with Gasteiger partial charge in [-0.1, -0.05) is 41.7 Å². The number of hydrogen-bond donors (Lipinski definition) is 3. The molecule has 0 fully saturated rings. The van der Waals surface area contributed by atoms with E-state index in [1.165, 1.54) is 16.8 Å². The topological polar surface area (TPSA) is 119 Å². The first-order valence-corrected chi connectivity index (χ1v) is 8.80. The summed E-state index contributed by atoms with van der Waals surface area (Å²) in [5, 5.41) is 13.1. The minimum atomic E-state index is -0.617. The molecule has 9 heteroatoms. The van der Waals surface area contributed by atoms with E-state index in [4.69, 9.17) is 10.5 Å². The third kappa shape index (κ3) is 7.27. The van der Waals surface area contributed by atoms with Gasteiger partial charge in [-0.15, -0.1) is 10.2 Å². The number of unbranched alkanes of at least 4 members (excludes halogenated alkanes) is 1. The Labute approximate surface area is 149 Å². The molecule has 8 nitrogen and oxygen atoms in total. The van der Waals surface area contributed by atoms with Gasteiger partial charge in [-0.25, -0.2) is 4.79 Å². The van der Waals surface area contributed by atoms with E-state index in [1.54, 1.807) is 0 Å². The third-order valence-electron chi connectivity index (χ3n) is 3.35. The molecule has 4 N–H and O–H groups in total. The number of nitrogens with two attached hydrogens (primary N) is 1. The smallest absolute Gasteiger partial charge is 0.407 e. The van der Waals surface area contributed by atoms with Crippen LogP contribution in [0.3, 0.4) is 0 Å². The molecular weight excluding hydrogens is 342 g/mol. The second-order valence-corrected chi connectivity index (χ2v) is 6.16. The van der Waals surface area contributed by atoms with Crippen LogP contribution in [0.4, 0.5) is 9.93 Å². The zero-order valence-electron chi connectivity index (χ0n) is 13.7. The van der Waals surface area contributed by atoms with Crippen molar-refractivity contribution >= 4 is 28.5 Å². The molecule has 25 heavy (non-hydrogen) atoms. The molecule has 2 rings (SSSR count). The first-order chi connectivity index (χ1) is 12.1. The van der Waals surface area contributed by atoms with Gasteiger partial charge in [-0.2, -0.15) is 0 Å². The van der Waals surface area contributed by atoms with E-state index < -0.39 is 12.1 Å². The van der Waals surface area contributed by atoms with Crippen LogP contribution in [0.25, 0.3) is 0 Å². The van der Waals surface area contributed by atoms with Crippen LogP contribution in [0.2, 0.25) is 0 Å². The predicted octanol–water partition coefficient (Wildman–Crippen LogP) is 1.90. The Morgan fingerprint density at radius 2 is 2.04 bits per heavy atom. The maximum Gasteiger partial charge on any atom is 0.407 e. The van der Waals surface area contributed by atoms with Crippen molar-refractivity contribution in [3.05, 3.63) is 41.4 Å². The van der Waals surface area contributed by atoms with Crippen molar-refractivity contribution < 1.29 is 14.3 Å². The molecule has 2 amide bonds. The van der Waals surface area contributed by atoms with Gasteiger partial charge in [0, 0.05) is 6.54 Å². The number of amides is 2. The molecule has 0 aliphatic rings. The van der Waals surface area contributed by atoms with E-state index >= 15 is 0 Å². The standard InChI is InChI=1S/C16H21N5O3S/c17-13(14(22)20-15-21-19-11-25-15)8-4-5-9-18-16(23)24-10-12-6-2-1-3-7-12/h1-3,6-7,11,13H,4-5,8-10,17H2,(H,18,23)(H,20,21,22)/t13-/m0/s1. The lowest BCUT2D eigenvalue weighted by Crippen LogP contribution is -2.35. The van der Waals surface area contributed by atoms with E-state index in [0.29, 0.717) is 30.9 Å². The third-order valence-corrected chi connectivity index (χ3v) is 3.96. The Hall–Kier alpha value is -2.52. The molecule has 1 aromatic heterocycles. The number of nitrogens with one attached hydrogen (secondary N) is 2. The summed E-state index contributed by atoms with van der Waals surface area (Å²) in [4.78, 5) is 23.4. The summed E-state index contributed by atoms with van der Waals surface area (Å²) in [5.41, 5.74) is 8.29. The molecule has 2 aromatic rings. The molecule has 0 saturated heterocycles. The SMILES string of the molecule is N[C@@H](CCCCNC(=O)OCc1ccccc1)C(=O)Nc1nncs1. The van der Waals surface area contributed by atoms with E-state index in [1.807, 2.05) is 30.3 Å². The summed E-state index contributed by atoms with van der Waals surface area (Å²) in [6.45, 7) is 0.710. The Morgan fingerprint density at radius 1 is 1.24 bits per heavy atom. The Kier molecular flexibility index (Phi) is 7.80. The highest BCUT2D eigenvalue weighted by Gasteiger charge is 2.14. The minimum absolute atomic E-state index is 0.239. The van der Waals surface area contributed by atoms with Gasteiger partial charge in [0.15, 0.2) is 0 Å². The molecule has 0 saturated carbocycles. The summed E-state index contributed by atoms with van der Waals surface area (Å²) in [7, 11) is 0. The van der Waals surface area contributed by atoms with Gasteiger partial charge in [-0.05, 0) is 24.8 Å². The quantitative estimate of drug-likeness (QED) is 0.585. The van der Waals surface area contributed by atoms with Gasteiger partial charge < -0.3 is 15.8 Å². The number of carbonyl (C=O) groups is 2. The van der Waals surface area contributed by atoms with E-state index in [2.05, 4.69) is 20.8 Å². The zero-order valence-corrected chi connectivity index (χ0v) is 14.5. The normalized spacial score (nSPS) is 11.6. The maximum absolute atomic E-state index is 11.8. The van der Waals surface area contributed by atoms with Crippen molar-refractivity contribution in [2.24, 2.45) is 5.73 Å². The van der Waals surface area contributed by atoms with Gasteiger partial charge in [-0.3, -0.25) is 10.1 Å². The number of hydrogen-bond acceptors (Lipinski definition) is 7. The van der Waals surface area contributed by atoms with Crippen LogP contribution in [-0.4, -0.2) is 34.8 Å². The number of rotatable bonds is 9. The second-order valence-electron chi connectivity index (χ2n) is 5.32. The van der Waals surface area contributed by atoms with E-state index in [0.717, 1.165) is 5.56 Å². The fourth-order valence-electron chi connectivity index (χ4n) is 2.01. The van der Waals surface area contributed by atoms with E-state index in [9.17, 15) is 9.59 Å². The van der Waals surface area contributed by atoms with Crippen LogP contribution in [0.1, 0.15) is 24.8 Å². The van der Waals surface area contributed by atoms with Gasteiger partial charge in [0.2, 0.25) is 11.0 Å². The highest BCUT2D eigenvalue weighted by atomic mass is 32.1. The highest BCUT2D eigenvalue weighted by Crippen LogP contribution is 2.09. The predicted molar refractivity (Wildman–Crippen MR) is 95.0 cm³/mol. The lowest BCUT2D eigenvalue weighted by atomic mass is 10.1. The fourth-order valence-corrected chi connectivity index (χ4v) is 2.46. The number of benzene rings is 1. The molecule has 0 aliphatic carbocycles. The van der Waals surface area contributed by atoms with Crippen molar-refractivity contribution in [3.8, 4) is 0 Å². The monoisotopic (exact) mass is 363 g/mol. The Bertz CT molecular complexity index is 651. The summed E-state index contributed by atoms with van der Waals surface area (Å²) >= 11 is 1.24. The number of aromatic nitrogens is 2. The lowest BCUT2D eigenvalue weighted by Gasteiger charge is -2.11. The van der Waals surface area contributed by atoms with Crippen LogP contribution >= 0.6 is 11.3 Å². The summed E-state index contributed by atoms with van der Waals surface area (Å²) in [6.07, 6.45) is 1.48. The summed E-state index contributed by atoms with van der Waals surface area (Å²) in [6, 6.07) is 8.85. The number of nitrogens with zero attached hydrogens (tertiary/aromatic N) is 2. The molecule has 1 heterocycles. The van der Waals surface area contributed by atoms with Crippen molar-refractivity contribution in [2.75, 3.05) is 11.9 Å². The first-order valence-electron chi connectivity index (χ1n) is 7.92. The largest absolute Gasteiger partial charge is 0.445 e. The van der Waals surface area contributed by atoms with Crippen LogP contribution in [0, 0.1) is 0 Å². The molecule has 134 valence electrons. The van der Waals surface area contributed by atoms with Gasteiger partial charge in [0.05, 0.1) is 6.04 Å². The number of anilines is 1. The first kappa shape index (κ1) is 18.8. The van der Waals surface area contributed by atoms with Crippen molar-refractivity contribution in [2.45, 2.75) is 31.9 Å². The summed E-state index contributed by atoms with van der Waals surface area (Å²) < 4.78 is 5.10. The van der Waals surface area contributed by atoms with Crippen LogP contribution in [-0.2, 0) is 16.1 Å². The molecule has 0 radical (unpaired) electrons. The number of alkyl carbamates (subject to hydrolysis) is 1. The highest BCUT2D eigenvalue weighted by molar-refractivity contribution is 7.13. The van der Waals surface area contributed by atoms with Crippen molar-refractivity contribution in [3.63, 3.8) is 0 Å². The van der Waals surface area contributed by atoms with Gasteiger partial charge >= 0.3 is 6.09 Å². The average molecular weight is 363 g/mol. The lowest BCUT2D eigenvalue weighted by molar-refractivity contribution is -0.117. The van der Waals surface area contributed by atoms with Gasteiger partial charge in [0.25, 0.3) is 0 Å². The molecular formula is C16H21N5O3S. The van der Waals surface area contributed by atoms with E-state index in [-0.39, 0.29) is 12.5 Å². The number of carbonyl (C=O) groups excluding carboxylic acids is 2. The molecule has 0 bridgehead atoms. The fraction of sp³-hybridized carbons (Fsp3) is 0.375. The summed E-state index contributed by atoms with van der Waals surface area (Å²) in [5.74, 6) is -0.285. The van der Waals surface area contributed by atoms with Crippen LogP contribution in [0.5, 0.6) is 0 Å². The van der Waals surface area contributed by atoms with Crippen molar-refractivity contribution in [1.29, 1.82) is 0 Å². The Balaban J connectivity index is 1.52. The molecule has 0 spiro atoms. The molecule has 0 unspecified atom stereocenters. The van der Waals surface area contributed by atoms with Crippen LogP contribution in [0.15, 0.2) is 35.8 Å². The molecule has 1 atom stereocenters. The molecule has 1 aromatic carbocycles.